The molecule has 11 heteroatoms. The number of carboxylic acid groups (broad SMARTS) is 1. The summed E-state index contributed by atoms with van der Waals surface area (Å²) in [5, 5.41) is 10.0. The number of benzene rings is 1. The molecule has 1 saturated heterocycles. The van der Waals surface area contributed by atoms with Gasteiger partial charge >= 0.3 is 12.1 Å². The van der Waals surface area contributed by atoms with Crippen molar-refractivity contribution < 1.29 is 37.3 Å². The Hall–Kier alpha value is -3.34. The lowest BCUT2D eigenvalue weighted by Crippen LogP contribution is -2.42. The number of pyridine rings is 1. The number of ether oxygens (including phenoxy) is 2. The highest BCUT2D eigenvalue weighted by Gasteiger charge is 2.37. The molecule has 212 valence electrons. The van der Waals surface area contributed by atoms with Gasteiger partial charge in [-0.25, -0.2) is 4.79 Å². The Labute approximate surface area is 225 Å². The third-order valence-corrected chi connectivity index (χ3v) is 7.28. The van der Waals surface area contributed by atoms with Crippen molar-refractivity contribution in [3.8, 4) is 11.6 Å². The molecule has 2 aliphatic rings. The predicted octanol–water partition coefficient (Wildman–Crippen LogP) is 6.00. The number of carbonyl (C=O) groups is 2. The minimum atomic E-state index is -4.74. The van der Waals surface area contributed by atoms with Crippen LogP contribution in [0.1, 0.15) is 62.4 Å². The zero-order valence-electron chi connectivity index (χ0n) is 22.3. The van der Waals surface area contributed by atoms with Crippen LogP contribution >= 0.6 is 0 Å². The van der Waals surface area contributed by atoms with E-state index in [0.717, 1.165) is 37.8 Å². The first-order valence-electron chi connectivity index (χ1n) is 13.2. The molecule has 1 aromatic heterocycles. The average Bonchev–Trinajstić information content (AvgIpc) is 2.89. The van der Waals surface area contributed by atoms with E-state index in [0.29, 0.717) is 38.0 Å². The van der Waals surface area contributed by atoms with Crippen LogP contribution in [0.5, 0.6) is 11.6 Å². The van der Waals surface area contributed by atoms with Crippen LogP contribution in [-0.4, -0.2) is 54.3 Å². The molecule has 1 saturated carbocycles. The molecule has 4 rings (SSSR count). The topological polar surface area (TPSA) is 92.2 Å². The number of anilines is 2. The second kappa shape index (κ2) is 11.8. The third-order valence-electron chi connectivity index (χ3n) is 7.28. The van der Waals surface area contributed by atoms with Crippen molar-refractivity contribution in [2.45, 2.75) is 58.7 Å². The van der Waals surface area contributed by atoms with Gasteiger partial charge in [0.15, 0.2) is 0 Å². The lowest BCUT2D eigenvalue weighted by Gasteiger charge is -2.34. The van der Waals surface area contributed by atoms with Gasteiger partial charge in [0.25, 0.3) is 0 Å². The molecule has 1 aliphatic heterocycles. The van der Waals surface area contributed by atoms with Crippen LogP contribution in [0.4, 0.5) is 24.7 Å². The lowest BCUT2D eigenvalue weighted by molar-refractivity contribution is -0.138. The van der Waals surface area contributed by atoms with Gasteiger partial charge in [-0.05, 0) is 75.8 Å². The van der Waals surface area contributed by atoms with Crippen LogP contribution in [0.15, 0.2) is 30.3 Å². The molecular weight excluding hydrogens is 515 g/mol. The van der Waals surface area contributed by atoms with Crippen LogP contribution in [0, 0.1) is 11.8 Å². The second-order valence-electron chi connectivity index (χ2n) is 10.5. The van der Waals surface area contributed by atoms with Gasteiger partial charge in [0, 0.05) is 25.0 Å². The van der Waals surface area contributed by atoms with Gasteiger partial charge in [-0.2, -0.15) is 18.2 Å². The molecule has 1 N–H and O–H groups in total. The summed E-state index contributed by atoms with van der Waals surface area (Å²) in [5.74, 6) is -1.63. The van der Waals surface area contributed by atoms with Gasteiger partial charge in [-0.15, -0.1) is 0 Å². The molecule has 0 unspecified atom stereocenters. The lowest BCUT2D eigenvalue weighted by atomic mass is 9.82. The van der Waals surface area contributed by atoms with E-state index in [1.165, 1.54) is 23.1 Å². The maximum absolute atomic E-state index is 13.8. The molecule has 0 radical (unpaired) electrons. The standard InChI is InChI=1S/C28H34F3N3O5/c1-17(2)34(26(35)19-6-4-18(3)5-7-19)23-10-8-20(16-21(23)27(36)37)39-25-22(28(29,30)31)9-11-24(32-25)33-12-14-38-15-13-33/h8-11,16-19H,4-7,12-15H2,1-3H3,(H,36,37)/t18-,19-. The Balaban J connectivity index is 1.68. The van der Waals surface area contributed by atoms with Gasteiger partial charge < -0.3 is 24.4 Å². The number of nitrogens with zero attached hydrogens (tertiary/aromatic N) is 3. The highest BCUT2D eigenvalue weighted by atomic mass is 19.4. The maximum Gasteiger partial charge on any atom is 0.421 e. The molecule has 1 amide bonds. The van der Waals surface area contributed by atoms with Crippen LogP contribution in [0.2, 0.25) is 0 Å². The SMILES string of the molecule is CC(C)N(c1ccc(Oc2nc(N3CCOCC3)ccc2C(F)(F)F)cc1C(=O)O)C(=O)[C@H]1CC[C@H](C)CC1. The zero-order chi connectivity index (χ0) is 28.3. The number of amides is 1. The number of hydrogen-bond donors (Lipinski definition) is 1. The first-order valence-corrected chi connectivity index (χ1v) is 13.2. The van der Waals surface area contributed by atoms with Gasteiger partial charge in [0.2, 0.25) is 11.8 Å². The summed E-state index contributed by atoms with van der Waals surface area (Å²) in [6, 6.07) is 5.80. The number of aromatic nitrogens is 1. The molecule has 0 spiro atoms. The van der Waals surface area contributed by atoms with E-state index >= 15 is 0 Å². The van der Waals surface area contributed by atoms with E-state index in [1.54, 1.807) is 18.7 Å². The van der Waals surface area contributed by atoms with Crippen molar-refractivity contribution >= 4 is 23.4 Å². The van der Waals surface area contributed by atoms with Crippen molar-refractivity contribution in [2.75, 3.05) is 36.1 Å². The van der Waals surface area contributed by atoms with E-state index in [1.807, 2.05) is 0 Å². The highest BCUT2D eigenvalue weighted by molar-refractivity contribution is 6.03. The number of carbonyl (C=O) groups excluding carboxylic acids is 1. The largest absolute Gasteiger partial charge is 0.478 e. The number of halogens is 3. The Morgan fingerprint density at radius 3 is 2.36 bits per heavy atom. The molecule has 2 heterocycles. The van der Waals surface area contributed by atoms with Gasteiger partial charge in [-0.3, -0.25) is 4.79 Å². The van der Waals surface area contributed by atoms with Crippen molar-refractivity contribution in [2.24, 2.45) is 11.8 Å². The minimum absolute atomic E-state index is 0.129. The first-order chi connectivity index (χ1) is 18.5. The molecule has 39 heavy (non-hydrogen) atoms. The van der Waals surface area contributed by atoms with Crippen LogP contribution in [0.25, 0.3) is 0 Å². The van der Waals surface area contributed by atoms with Gasteiger partial charge in [0.1, 0.15) is 17.1 Å². The predicted molar refractivity (Wildman–Crippen MR) is 139 cm³/mol. The van der Waals surface area contributed by atoms with E-state index in [4.69, 9.17) is 9.47 Å². The quantitative estimate of drug-likeness (QED) is 0.453. The fourth-order valence-corrected chi connectivity index (χ4v) is 5.12. The van der Waals surface area contributed by atoms with Crippen molar-refractivity contribution in [3.63, 3.8) is 0 Å². The molecule has 0 atom stereocenters. The molecule has 2 aromatic rings. The Morgan fingerprint density at radius 2 is 1.77 bits per heavy atom. The molecule has 1 aromatic carbocycles. The minimum Gasteiger partial charge on any atom is -0.478 e. The molecule has 1 aliphatic carbocycles. The van der Waals surface area contributed by atoms with Gasteiger partial charge in [-0.1, -0.05) is 6.92 Å². The van der Waals surface area contributed by atoms with Crippen molar-refractivity contribution in [1.29, 1.82) is 0 Å². The van der Waals surface area contributed by atoms with Gasteiger partial charge in [0.05, 0.1) is 24.5 Å². The Morgan fingerprint density at radius 1 is 1.10 bits per heavy atom. The van der Waals surface area contributed by atoms with Crippen LogP contribution in [0.3, 0.4) is 0 Å². The Bertz CT molecular complexity index is 1190. The summed E-state index contributed by atoms with van der Waals surface area (Å²) in [6.45, 7) is 7.54. The number of aromatic carboxylic acids is 1. The number of carboxylic acids is 1. The molecule has 0 bridgehead atoms. The summed E-state index contributed by atoms with van der Waals surface area (Å²) < 4.78 is 52.3. The number of hydrogen-bond acceptors (Lipinski definition) is 6. The molecular formula is C28H34F3N3O5. The summed E-state index contributed by atoms with van der Waals surface area (Å²) in [7, 11) is 0. The highest BCUT2D eigenvalue weighted by Crippen LogP contribution is 2.40. The van der Waals surface area contributed by atoms with E-state index in [2.05, 4.69) is 11.9 Å². The smallest absolute Gasteiger partial charge is 0.421 e. The first kappa shape index (κ1) is 28.7. The van der Waals surface area contributed by atoms with E-state index in [9.17, 15) is 27.9 Å². The normalized spacial score (nSPS) is 20.1. The fourth-order valence-electron chi connectivity index (χ4n) is 5.12. The average molecular weight is 550 g/mol. The Kier molecular flexibility index (Phi) is 8.68. The van der Waals surface area contributed by atoms with Crippen molar-refractivity contribution in [1.82, 2.24) is 4.98 Å². The van der Waals surface area contributed by atoms with Crippen molar-refractivity contribution in [3.05, 3.63) is 41.5 Å². The summed E-state index contributed by atoms with van der Waals surface area (Å²) in [4.78, 5) is 33.2. The summed E-state index contributed by atoms with van der Waals surface area (Å²) >= 11 is 0. The number of rotatable bonds is 7. The monoisotopic (exact) mass is 549 g/mol. The maximum atomic E-state index is 13.8. The van der Waals surface area contributed by atoms with E-state index < -0.39 is 23.6 Å². The van der Waals surface area contributed by atoms with Crippen LogP contribution < -0.4 is 14.5 Å². The second-order valence-corrected chi connectivity index (χ2v) is 10.5. The summed E-state index contributed by atoms with van der Waals surface area (Å²) in [5.41, 5.74) is -1.14. The number of alkyl halides is 3. The summed E-state index contributed by atoms with van der Waals surface area (Å²) in [6.07, 6.45) is -1.41. The fraction of sp³-hybridized carbons (Fsp3) is 0.536. The van der Waals surface area contributed by atoms with E-state index in [-0.39, 0.29) is 34.9 Å². The number of morpholine rings is 1. The zero-order valence-corrected chi connectivity index (χ0v) is 22.3. The third kappa shape index (κ3) is 6.63. The molecule has 8 nitrogen and oxygen atoms in total. The molecule has 2 fully saturated rings. The van der Waals surface area contributed by atoms with Crippen LogP contribution in [-0.2, 0) is 15.7 Å².